The number of phenolic OH excluding ortho intramolecular Hbond substituents is 1. The number of carbonyl (C=O) groups is 2. The third kappa shape index (κ3) is 5.84. The summed E-state index contributed by atoms with van der Waals surface area (Å²) in [5.74, 6) is -1.39. The minimum Gasteiger partial charge on any atom is -0.872 e. The third-order valence-corrected chi connectivity index (χ3v) is 6.56. The number of carbonyl (C=O) groups excluding carboxylic acids is 2. The lowest BCUT2D eigenvalue weighted by Gasteiger charge is -2.27. The number of nitrogens with one attached hydrogen (secondary N) is 1. The Morgan fingerprint density at radius 3 is 2.43 bits per heavy atom. The molecular weight excluding hydrogens is 468 g/mol. The van der Waals surface area contributed by atoms with Gasteiger partial charge in [-0.1, -0.05) is 54.3 Å². The highest BCUT2D eigenvalue weighted by atomic mass is 16.5. The average Bonchev–Trinajstić information content (AvgIpc) is 3.13. The van der Waals surface area contributed by atoms with Crippen molar-refractivity contribution in [1.29, 1.82) is 0 Å². The quantitative estimate of drug-likeness (QED) is 0.266. The van der Waals surface area contributed by atoms with Crippen LogP contribution in [0.2, 0.25) is 0 Å². The normalized spacial score (nSPS) is 17.0. The second-order valence-corrected chi connectivity index (χ2v) is 9.62. The van der Waals surface area contributed by atoms with E-state index in [0.29, 0.717) is 36.4 Å². The maximum atomic E-state index is 13.6. The first-order valence-corrected chi connectivity index (χ1v) is 12.4. The molecule has 37 heavy (non-hydrogen) atoms. The van der Waals surface area contributed by atoms with E-state index in [1.54, 1.807) is 36.4 Å². The molecule has 0 aromatic heterocycles. The smallest absolute Gasteiger partial charge is 0.295 e. The number of benzene rings is 3. The molecule has 3 aromatic carbocycles. The highest BCUT2D eigenvalue weighted by Gasteiger charge is 2.44. The van der Waals surface area contributed by atoms with Gasteiger partial charge in [-0.2, -0.15) is 0 Å². The molecule has 192 valence electrons. The number of quaternary nitrogens is 1. The Hall–Kier alpha value is -4.10. The summed E-state index contributed by atoms with van der Waals surface area (Å²) in [5.41, 5.74) is 2.92. The third-order valence-electron chi connectivity index (χ3n) is 6.56. The number of hydrogen-bond acceptors (Lipinski definition) is 5. The molecule has 1 fully saturated rings. The van der Waals surface area contributed by atoms with Crippen LogP contribution < -0.4 is 14.7 Å². The second-order valence-electron chi connectivity index (χ2n) is 9.62. The van der Waals surface area contributed by atoms with Crippen molar-refractivity contribution in [1.82, 2.24) is 4.90 Å². The van der Waals surface area contributed by atoms with Gasteiger partial charge in [0.05, 0.1) is 26.7 Å². The molecular formula is C30H32N2O5. The summed E-state index contributed by atoms with van der Waals surface area (Å²) < 4.78 is 5.88. The van der Waals surface area contributed by atoms with E-state index in [1.165, 1.54) is 21.9 Å². The van der Waals surface area contributed by atoms with Crippen LogP contribution in [-0.4, -0.2) is 48.9 Å². The van der Waals surface area contributed by atoms with Gasteiger partial charge in [0, 0.05) is 18.5 Å². The Kier molecular flexibility index (Phi) is 7.94. The topological polar surface area (TPSA) is 94.3 Å². The maximum Gasteiger partial charge on any atom is 0.295 e. The molecule has 1 heterocycles. The van der Waals surface area contributed by atoms with Crippen LogP contribution in [0.3, 0.4) is 0 Å². The average molecular weight is 501 g/mol. The van der Waals surface area contributed by atoms with Gasteiger partial charge in [-0.05, 0) is 53.4 Å². The number of rotatable bonds is 9. The van der Waals surface area contributed by atoms with Crippen LogP contribution in [0.5, 0.6) is 11.5 Å². The molecule has 2 N–H and O–H groups in total. The van der Waals surface area contributed by atoms with Gasteiger partial charge >= 0.3 is 0 Å². The van der Waals surface area contributed by atoms with E-state index in [2.05, 4.69) is 0 Å². The SMILES string of the molecule is Cc1ccccc1COc1ccc(C([O-])=C2C(=O)C(=O)N(CCC[NH+](C)C)C2c2cccc(O)c2)cc1. The van der Waals surface area contributed by atoms with Crippen LogP contribution in [0.15, 0.2) is 78.4 Å². The minimum absolute atomic E-state index is 0.00365. The number of aromatic hydroxyl groups is 1. The van der Waals surface area contributed by atoms with Crippen molar-refractivity contribution in [3.63, 3.8) is 0 Å². The van der Waals surface area contributed by atoms with Gasteiger partial charge in [0.2, 0.25) is 5.78 Å². The Balaban J connectivity index is 1.63. The van der Waals surface area contributed by atoms with Gasteiger partial charge in [-0.15, -0.1) is 0 Å². The molecule has 1 amide bonds. The van der Waals surface area contributed by atoms with Gasteiger partial charge < -0.3 is 24.7 Å². The fraction of sp³-hybridized carbons (Fsp3) is 0.267. The van der Waals surface area contributed by atoms with E-state index < -0.39 is 23.5 Å². The molecule has 1 aliphatic heterocycles. The Morgan fingerprint density at radius 1 is 1.03 bits per heavy atom. The standard InChI is InChI=1S/C30H32N2O5/c1-20-8-4-5-9-23(20)19-37-25-14-12-21(13-15-25)28(34)26-27(22-10-6-11-24(33)18-22)32(30(36)29(26)35)17-7-16-31(2)3/h4-6,8-15,18,27,33-34H,7,16-17,19H2,1-3H3. The number of ether oxygens (including phenoxy) is 1. The van der Waals surface area contributed by atoms with Gasteiger partial charge in [-0.25, -0.2) is 0 Å². The Bertz CT molecular complexity index is 1310. The van der Waals surface area contributed by atoms with Crippen molar-refractivity contribution < 1.29 is 29.4 Å². The van der Waals surface area contributed by atoms with Crippen LogP contribution in [0.4, 0.5) is 0 Å². The second kappa shape index (κ2) is 11.3. The first-order valence-electron chi connectivity index (χ1n) is 12.4. The number of ketones is 1. The fourth-order valence-electron chi connectivity index (χ4n) is 4.54. The number of aryl methyl sites for hydroxylation is 1. The zero-order chi connectivity index (χ0) is 26.5. The zero-order valence-corrected chi connectivity index (χ0v) is 21.4. The first-order chi connectivity index (χ1) is 17.8. The lowest BCUT2D eigenvalue weighted by Crippen LogP contribution is -3.05. The summed E-state index contributed by atoms with van der Waals surface area (Å²) in [6.45, 7) is 3.55. The van der Waals surface area contributed by atoms with E-state index in [1.807, 2.05) is 45.3 Å². The molecule has 0 spiro atoms. The highest BCUT2D eigenvalue weighted by Crippen LogP contribution is 2.39. The van der Waals surface area contributed by atoms with Crippen molar-refractivity contribution in [3.8, 4) is 11.5 Å². The molecule has 7 nitrogen and oxygen atoms in total. The highest BCUT2D eigenvalue weighted by molar-refractivity contribution is 6.46. The minimum atomic E-state index is -0.853. The van der Waals surface area contributed by atoms with E-state index >= 15 is 0 Å². The summed E-state index contributed by atoms with van der Waals surface area (Å²) in [7, 11) is 4.03. The van der Waals surface area contributed by atoms with Crippen molar-refractivity contribution >= 4 is 17.4 Å². The van der Waals surface area contributed by atoms with Crippen LogP contribution >= 0.6 is 0 Å². The maximum absolute atomic E-state index is 13.6. The largest absolute Gasteiger partial charge is 0.872 e. The number of amides is 1. The molecule has 0 saturated carbocycles. The predicted octanol–water partition coefficient (Wildman–Crippen LogP) is 2.04. The summed E-state index contributed by atoms with van der Waals surface area (Å²) >= 11 is 0. The molecule has 1 saturated heterocycles. The van der Waals surface area contributed by atoms with Gasteiger partial charge in [0.1, 0.15) is 18.1 Å². The Morgan fingerprint density at radius 2 is 1.76 bits per heavy atom. The predicted molar refractivity (Wildman–Crippen MR) is 139 cm³/mol. The van der Waals surface area contributed by atoms with Crippen LogP contribution in [0, 0.1) is 6.92 Å². The van der Waals surface area contributed by atoms with Gasteiger partial charge in [0.15, 0.2) is 0 Å². The van der Waals surface area contributed by atoms with Crippen LogP contribution in [-0.2, 0) is 16.2 Å². The van der Waals surface area contributed by atoms with E-state index in [4.69, 9.17) is 4.74 Å². The number of hydrogen-bond donors (Lipinski definition) is 2. The van der Waals surface area contributed by atoms with E-state index in [-0.39, 0.29) is 11.3 Å². The molecule has 0 aliphatic carbocycles. The first kappa shape index (κ1) is 26.0. The van der Waals surface area contributed by atoms with Crippen LogP contribution in [0.1, 0.15) is 34.7 Å². The van der Waals surface area contributed by atoms with E-state index in [0.717, 1.165) is 17.7 Å². The number of likely N-dealkylation sites (tertiary alicyclic amines) is 1. The lowest BCUT2D eigenvalue weighted by molar-refractivity contribution is -0.858. The molecule has 7 heteroatoms. The Labute approximate surface area is 217 Å². The molecule has 0 bridgehead atoms. The lowest BCUT2D eigenvalue weighted by atomic mass is 9.95. The molecule has 4 rings (SSSR count). The molecule has 0 radical (unpaired) electrons. The van der Waals surface area contributed by atoms with E-state index in [9.17, 15) is 19.8 Å². The summed E-state index contributed by atoms with van der Waals surface area (Å²) in [6, 6.07) is 20.1. The fourth-order valence-corrected chi connectivity index (χ4v) is 4.54. The summed E-state index contributed by atoms with van der Waals surface area (Å²) in [4.78, 5) is 28.8. The number of Topliss-reactive ketones (excluding diaryl/α,β-unsaturated/α-hetero) is 1. The van der Waals surface area contributed by atoms with Gasteiger partial charge in [0.25, 0.3) is 5.91 Å². The van der Waals surface area contributed by atoms with Crippen molar-refractivity contribution in [2.24, 2.45) is 0 Å². The molecule has 3 aromatic rings. The zero-order valence-electron chi connectivity index (χ0n) is 21.4. The van der Waals surface area contributed by atoms with Crippen molar-refractivity contribution in [3.05, 3.63) is 101 Å². The molecule has 1 atom stereocenters. The summed E-state index contributed by atoms with van der Waals surface area (Å²) in [6.07, 6.45) is 0.672. The summed E-state index contributed by atoms with van der Waals surface area (Å²) in [5, 5.41) is 23.7. The number of phenols is 1. The van der Waals surface area contributed by atoms with Crippen molar-refractivity contribution in [2.45, 2.75) is 26.0 Å². The number of nitrogens with zero attached hydrogens (tertiary/aromatic N) is 1. The molecule has 1 aliphatic rings. The van der Waals surface area contributed by atoms with Crippen LogP contribution in [0.25, 0.3) is 5.76 Å². The van der Waals surface area contributed by atoms with Gasteiger partial charge in [-0.3, -0.25) is 9.59 Å². The molecule has 1 unspecified atom stereocenters. The van der Waals surface area contributed by atoms with Crippen molar-refractivity contribution in [2.75, 3.05) is 27.2 Å². The monoisotopic (exact) mass is 500 g/mol.